The molecule has 0 spiro atoms. The second-order valence-electron chi connectivity index (χ2n) is 7.75. The zero-order chi connectivity index (χ0) is 20.1. The van der Waals surface area contributed by atoms with Gasteiger partial charge in [0.05, 0.1) is 7.11 Å². The van der Waals surface area contributed by atoms with Crippen molar-refractivity contribution in [2.24, 2.45) is 5.92 Å². The number of amides is 1. The van der Waals surface area contributed by atoms with Crippen molar-refractivity contribution in [3.8, 4) is 5.75 Å². The molecule has 7 heteroatoms. The van der Waals surface area contributed by atoms with Gasteiger partial charge in [-0.3, -0.25) is 14.5 Å². The van der Waals surface area contributed by atoms with Crippen LogP contribution in [0.5, 0.6) is 5.75 Å². The molecule has 2 aliphatic rings. The summed E-state index contributed by atoms with van der Waals surface area (Å²) >= 11 is 0. The van der Waals surface area contributed by atoms with Crippen molar-refractivity contribution < 1.29 is 24.2 Å². The molecule has 4 unspecified atom stereocenters. The third-order valence-corrected chi connectivity index (χ3v) is 5.73. The highest BCUT2D eigenvalue weighted by atomic mass is 16.5. The fourth-order valence-corrected chi connectivity index (χ4v) is 4.51. The third-order valence-electron chi connectivity index (χ3n) is 5.73. The fourth-order valence-electron chi connectivity index (χ4n) is 4.51. The quantitative estimate of drug-likeness (QED) is 0.694. The Morgan fingerprint density at radius 1 is 1.25 bits per heavy atom. The van der Waals surface area contributed by atoms with Crippen LogP contribution in [0.4, 0.5) is 5.69 Å². The minimum Gasteiger partial charge on any atom is -0.491 e. The van der Waals surface area contributed by atoms with Crippen molar-refractivity contribution in [3.05, 3.63) is 24.3 Å². The number of anilines is 1. The van der Waals surface area contributed by atoms with Crippen molar-refractivity contribution in [2.75, 3.05) is 25.6 Å². The van der Waals surface area contributed by atoms with Gasteiger partial charge in [-0.05, 0) is 49.4 Å². The summed E-state index contributed by atoms with van der Waals surface area (Å²) in [5.74, 6) is 0.786. The van der Waals surface area contributed by atoms with Gasteiger partial charge in [0, 0.05) is 25.2 Å². The van der Waals surface area contributed by atoms with E-state index in [0.717, 1.165) is 19.3 Å². The number of benzene rings is 1. The lowest BCUT2D eigenvalue weighted by atomic mass is 9.84. The van der Waals surface area contributed by atoms with E-state index in [2.05, 4.69) is 10.2 Å². The summed E-state index contributed by atoms with van der Waals surface area (Å²) in [6.07, 6.45) is 4.69. The number of methoxy groups -OCH3 is 1. The molecule has 28 heavy (non-hydrogen) atoms. The molecule has 1 heterocycles. The van der Waals surface area contributed by atoms with Gasteiger partial charge >= 0.3 is 5.97 Å². The summed E-state index contributed by atoms with van der Waals surface area (Å²) in [4.78, 5) is 25.4. The Kier molecular flexibility index (Phi) is 6.91. The molecule has 7 nitrogen and oxygen atoms in total. The second kappa shape index (κ2) is 9.39. The average Bonchev–Trinajstić information content (AvgIpc) is 3.05. The number of ether oxygens (including phenoxy) is 2. The molecule has 1 saturated heterocycles. The maximum absolute atomic E-state index is 12.2. The predicted molar refractivity (Wildman–Crippen MR) is 105 cm³/mol. The number of fused-ring (bicyclic) bond motifs is 1. The molecule has 1 saturated carbocycles. The highest BCUT2D eigenvalue weighted by Crippen LogP contribution is 2.40. The first-order valence-electron chi connectivity index (χ1n) is 10.00. The molecular formula is C21H30N2O5. The summed E-state index contributed by atoms with van der Waals surface area (Å²) in [5, 5.41) is 13.2. The largest absolute Gasteiger partial charge is 0.491 e. The van der Waals surface area contributed by atoms with Crippen LogP contribution in [0.3, 0.4) is 0 Å². The Morgan fingerprint density at radius 3 is 2.64 bits per heavy atom. The van der Waals surface area contributed by atoms with Gasteiger partial charge in [-0.2, -0.15) is 0 Å². The maximum Gasteiger partial charge on any atom is 0.323 e. The first-order valence-corrected chi connectivity index (χ1v) is 10.00. The van der Waals surface area contributed by atoms with Crippen LogP contribution < -0.4 is 10.1 Å². The van der Waals surface area contributed by atoms with E-state index in [-0.39, 0.29) is 24.5 Å². The number of rotatable bonds is 7. The van der Waals surface area contributed by atoms with Gasteiger partial charge in [0.2, 0.25) is 5.91 Å². The van der Waals surface area contributed by atoms with Crippen LogP contribution in [-0.2, 0) is 14.3 Å². The standard InChI is InChI=1S/C21H30N2O5/c1-14(24)22-16-7-9-18(10-8-16)28-13-17(25)12-23-19-6-4-3-5-15(19)11-20(23)21(26)27-2/h7-10,15,17,19-20,25H,3-6,11-13H2,1-2H3,(H,22,24). The lowest BCUT2D eigenvalue weighted by Crippen LogP contribution is -2.47. The van der Waals surface area contributed by atoms with E-state index in [4.69, 9.17) is 9.47 Å². The summed E-state index contributed by atoms with van der Waals surface area (Å²) < 4.78 is 10.7. The van der Waals surface area contributed by atoms with E-state index < -0.39 is 6.10 Å². The monoisotopic (exact) mass is 390 g/mol. The lowest BCUT2D eigenvalue weighted by Gasteiger charge is -2.34. The van der Waals surface area contributed by atoms with Crippen LogP contribution >= 0.6 is 0 Å². The smallest absolute Gasteiger partial charge is 0.323 e. The minimum atomic E-state index is -0.706. The zero-order valence-corrected chi connectivity index (χ0v) is 16.6. The van der Waals surface area contributed by atoms with E-state index in [0.29, 0.717) is 29.9 Å². The van der Waals surface area contributed by atoms with Crippen molar-refractivity contribution in [2.45, 2.75) is 57.2 Å². The van der Waals surface area contributed by atoms with E-state index in [1.807, 2.05) is 0 Å². The summed E-state index contributed by atoms with van der Waals surface area (Å²) in [6, 6.07) is 7.08. The number of hydrogen-bond acceptors (Lipinski definition) is 6. The Bertz CT molecular complexity index is 678. The zero-order valence-electron chi connectivity index (χ0n) is 16.6. The molecule has 0 bridgehead atoms. The Labute approximate surface area is 166 Å². The first kappa shape index (κ1) is 20.6. The predicted octanol–water partition coefficient (Wildman–Crippen LogP) is 2.19. The molecule has 4 atom stereocenters. The number of carbonyl (C=O) groups excluding carboxylic acids is 2. The molecule has 1 aliphatic heterocycles. The molecule has 1 aromatic rings. The van der Waals surface area contributed by atoms with Crippen LogP contribution in [0.1, 0.15) is 39.0 Å². The number of nitrogens with zero attached hydrogens (tertiary/aromatic N) is 1. The lowest BCUT2D eigenvalue weighted by molar-refractivity contribution is -0.147. The molecule has 3 rings (SSSR count). The van der Waals surface area contributed by atoms with Crippen LogP contribution in [0.25, 0.3) is 0 Å². The maximum atomic E-state index is 12.2. The summed E-state index contributed by atoms with van der Waals surface area (Å²) in [6.45, 7) is 1.99. The number of aliphatic hydroxyl groups excluding tert-OH is 1. The number of carbonyl (C=O) groups is 2. The molecule has 1 amide bonds. The average molecular weight is 390 g/mol. The van der Waals surface area contributed by atoms with Gasteiger partial charge in [-0.15, -0.1) is 0 Å². The molecule has 0 aromatic heterocycles. The SMILES string of the molecule is COC(=O)C1CC2CCCCC2N1CC(O)COc1ccc(NC(C)=O)cc1. The van der Waals surface area contributed by atoms with Gasteiger partial charge < -0.3 is 19.9 Å². The number of esters is 1. The Balaban J connectivity index is 1.55. The molecule has 2 fully saturated rings. The van der Waals surface area contributed by atoms with E-state index in [1.165, 1.54) is 26.9 Å². The van der Waals surface area contributed by atoms with Gasteiger partial charge in [0.25, 0.3) is 0 Å². The molecule has 1 aliphatic carbocycles. The van der Waals surface area contributed by atoms with E-state index in [9.17, 15) is 14.7 Å². The molecule has 1 aromatic carbocycles. The number of aliphatic hydroxyl groups is 1. The van der Waals surface area contributed by atoms with E-state index >= 15 is 0 Å². The topological polar surface area (TPSA) is 88.1 Å². The first-order chi connectivity index (χ1) is 13.5. The van der Waals surface area contributed by atoms with Gasteiger partial charge in [0.1, 0.15) is 24.5 Å². The summed E-state index contributed by atoms with van der Waals surface area (Å²) in [7, 11) is 1.42. The molecular weight excluding hydrogens is 360 g/mol. The minimum absolute atomic E-state index is 0.129. The van der Waals surface area contributed by atoms with Crippen LogP contribution in [0.15, 0.2) is 24.3 Å². The normalized spacial score (nSPS) is 25.6. The number of β-amino-alcohol motifs (C(OH)–C–C–N with tert-alkyl or cyclic N) is 1. The van der Waals surface area contributed by atoms with Crippen LogP contribution in [-0.4, -0.2) is 60.3 Å². The molecule has 2 N–H and O–H groups in total. The summed E-state index contributed by atoms with van der Waals surface area (Å²) in [5.41, 5.74) is 0.696. The number of nitrogens with one attached hydrogen (secondary N) is 1. The highest BCUT2D eigenvalue weighted by molar-refractivity contribution is 5.88. The number of hydrogen-bond donors (Lipinski definition) is 2. The molecule has 154 valence electrons. The third kappa shape index (κ3) is 5.02. The van der Waals surface area contributed by atoms with Crippen LogP contribution in [0, 0.1) is 5.92 Å². The fraction of sp³-hybridized carbons (Fsp3) is 0.619. The van der Waals surface area contributed by atoms with E-state index in [1.54, 1.807) is 24.3 Å². The van der Waals surface area contributed by atoms with Gasteiger partial charge in [-0.1, -0.05) is 12.8 Å². The molecule has 0 radical (unpaired) electrons. The second-order valence-corrected chi connectivity index (χ2v) is 7.75. The van der Waals surface area contributed by atoms with Gasteiger partial charge in [-0.25, -0.2) is 0 Å². The Morgan fingerprint density at radius 2 is 1.96 bits per heavy atom. The Hall–Kier alpha value is -2.12. The number of likely N-dealkylation sites (tertiary alicyclic amines) is 1. The van der Waals surface area contributed by atoms with Crippen molar-refractivity contribution in [1.82, 2.24) is 4.90 Å². The van der Waals surface area contributed by atoms with Crippen molar-refractivity contribution in [1.29, 1.82) is 0 Å². The highest BCUT2D eigenvalue weighted by Gasteiger charge is 2.46. The van der Waals surface area contributed by atoms with Gasteiger partial charge in [0.15, 0.2) is 0 Å². The van der Waals surface area contributed by atoms with Crippen molar-refractivity contribution in [3.63, 3.8) is 0 Å². The van der Waals surface area contributed by atoms with Crippen LogP contribution in [0.2, 0.25) is 0 Å². The van der Waals surface area contributed by atoms with Crippen molar-refractivity contribution >= 4 is 17.6 Å².